The lowest BCUT2D eigenvalue weighted by molar-refractivity contribution is -0.140. The van der Waals surface area contributed by atoms with Crippen molar-refractivity contribution in [3.8, 4) is 11.3 Å². The number of nitrogens with zero attached hydrogens (tertiary/aromatic N) is 3. The molecule has 0 aliphatic rings. The van der Waals surface area contributed by atoms with Gasteiger partial charge < -0.3 is 5.32 Å². The third kappa shape index (κ3) is 5.28. The SMILES string of the molecule is O=C(CCCn1nc(-c2cccnc2)ccc1=O)Nc1ccc(F)c(C(F)(F)F)c1. The topological polar surface area (TPSA) is 76.9 Å². The highest BCUT2D eigenvalue weighted by Gasteiger charge is 2.34. The summed E-state index contributed by atoms with van der Waals surface area (Å²) in [5.41, 5.74) is -0.707. The van der Waals surface area contributed by atoms with Crippen molar-refractivity contribution in [2.24, 2.45) is 0 Å². The first-order chi connectivity index (χ1) is 14.2. The van der Waals surface area contributed by atoms with Gasteiger partial charge in [0.2, 0.25) is 5.91 Å². The largest absolute Gasteiger partial charge is 0.419 e. The van der Waals surface area contributed by atoms with Gasteiger partial charge in [-0.2, -0.15) is 18.3 Å². The minimum Gasteiger partial charge on any atom is -0.326 e. The molecule has 0 aliphatic carbocycles. The Labute approximate surface area is 168 Å². The highest BCUT2D eigenvalue weighted by molar-refractivity contribution is 5.90. The lowest BCUT2D eigenvalue weighted by Gasteiger charge is -2.11. The predicted octanol–water partition coefficient (Wildman–Crippen LogP) is 3.88. The summed E-state index contributed by atoms with van der Waals surface area (Å²) < 4.78 is 52.8. The third-order valence-electron chi connectivity index (χ3n) is 4.15. The number of carbonyl (C=O) groups is 1. The molecule has 30 heavy (non-hydrogen) atoms. The van der Waals surface area contributed by atoms with Gasteiger partial charge in [-0.3, -0.25) is 14.6 Å². The number of pyridine rings is 1. The molecule has 0 saturated carbocycles. The molecule has 0 radical (unpaired) electrons. The van der Waals surface area contributed by atoms with Gasteiger partial charge in [0.25, 0.3) is 5.56 Å². The van der Waals surface area contributed by atoms with Gasteiger partial charge in [-0.05, 0) is 42.8 Å². The van der Waals surface area contributed by atoms with E-state index >= 15 is 0 Å². The quantitative estimate of drug-likeness (QED) is 0.614. The van der Waals surface area contributed by atoms with E-state index in [4.69, 9.17) is 0 Å². The summed E-state index contributed by atoms with van der Waals surface area (Å²) >= 11 is 0. The van der Waals surface area contributed by atoms with Crippen molar-refractivity contribution >= 4 is 11.6 Å². The zero-order chi connectivity index (χ0) is 21.7. The zero-order valence-corrected chi connectivity index (χ0v) is 15.5. The fraction of sp³-hybridized carbons (Fsp3) is 0.200. The van der Waals surface area contributed by atoms with E-state index in [1.807, 2.05) is 0 Å². The Balaban J connectivity index is 1.61. The lowest BCUT2D eigenvalue weighted by atomic mass is 10.1. The van der Waals surface area contributed by atoms with Gasteiger partial charge in [-0.25, -0.2) is 9.07 Å². The van der Waals surface area contributed by atoms with E-state index in [9.17, 15) is 27.2 Å². The molecule has 2 aromatic heterocycles. The molecule has 0 spiro atoms. The number of aromatic nitrogens is 3. The van der Waals surface area contributed by atoms with Gasteiger partial charge in [-0.15, -0.1) is 0 Å². The highest BCUT2D eigenvalue weighted by Crippen LogP contribution is 2.33. The molecule has 0 saturated heterocycles. The van der Waals surface area contributed by atoms with Crippen molar-refractivity contribution in [3.63, 3.8) is 0 Å². The summed E-state index contributed by atoms with van der Waals surface area (Å²) in [5, 5.41) is 6.54. The average molecular weight is 420 g/mol. The van der Waals surface area contributed by atoms with E-state index in [0.717, 1.165) is 11.6 Å². The number of hydrogen-bond acceptors (Lipinski definition) is 4. The fourth-order valence-corrected chi connectivity index (χ4v) is 2.71. The molecule has 156 valence electrons. The van der Waals surface area contributed by atoms with Crippen LogP contribution in [0.5, 0.6) is 0 Å². The van der Waals surface area contributed by atoms with Gasteiger partial charge in [0, 0.05) is 42.7 Å². The van der Waals surface area contributed by atoms with Crippen LogP contribution in [0.4, 0.5) is 23.2 Å². The number of nitrogens with one attached hydrogen (secondary N) is 1. The van der Waals surface area contributed by atoms with Crippen molar-refractivity contribution < 1.29 is 22.4 Å². The van der Waals surface area contributed by atoms with E-state index in [-0.39, 0.29) is 30.6 Å². The van der Waals surface area contributed by atoms with E-state index < -0.39 is 23.5 Å². The van der Waals surface area contributed by atoms with Crippen LogP contribution in [0.2, 0.25) is 0 Å². The molecule has 1 N–H and O–H groups in total. The summed E-state index contributed by atoms with van der Waals surface area (Å²) in [5.74, 6) is -1.98. The summed E-state index contributed by atoms with van der Waals surface area (Å²) in [6, 6.07) is 8.67. The van der Waals surface area contributed by atoms with Crippen molar-refractivity contribution in [2.75, 3.05) is 5.32 Å². The highest BCUT2D eigenvalue weighted by atomic mass is 19.4. The van der Waals surface area contributed by atoms with Crippen LogP contribution < -0.4 is 10.9 Å². The van der Waals surface area contributed by atoms with Gasteiger partial charge in [0.05, 0.1) is 11.3 Å². The molecule has 3 aromatic rings. The number of benzene rings is 1. The molecular weight excluding hydrogens is 404 g/mol. The maximum absolute atomic E-state index is 13.3. The first kappa shape index (κ1) is 21.2. The number of amides is 1. The Morgan fingerprint density at radius 3 is 2.63 bits per heavy atom. The van der Waals surface area contributed by atoms with Gasteiger partial charge in [0.15, 0.2) is 0 Å². The molecule has 2 heterocycles. The Hall–Kier alpha value is -3.56. The standard InChI is InChI=1S/C20H16F4N4O2/c21-16-6-5-14(11-15(16)20(22,23)24)26-18(29)4-2-10-28-19(30)8-7-17(27-28)13-3-1-9-25-12-13/h1,3,5-9,11-12H,2,4,10H2,(H,26,29). The number of carbonyl (C=O) groups excluding carboxylic acids is 1. The molecule has 6 nitrogen and oxygen atoms in total. The molecule has 3 rings (SSSR count). The monoisotopic (exact) mass is 420 g/mol. The summed E-state index contributed by atoms with van der Waals surface area (Å²) in [6.45, 7) is 0.136. The molecule has 0 atom stereocenters. The number of rotatable bonds is 6. The van der Waals surface area contributed by atoms with Crippen molar-refractivity contribution in [1.29, 1.82) is 0 Å². The van der Waals surface area contributed by atoms with E-state index in [0.29, 0.717) is 17.8 Å². The Morgan fingerprint density at radius 1 is 1.13 bits per heavy atom. The predicted molar refractivity (Wildman–Crippen MR) is 101 cm³/mol. The molecular formula is C20H16F4N4O2. The van der Waals surface area contributed by atoms with Crippen LogP contribution >= 0.6 is 0 Å². The Kier molecular flexibility index (Phi) is 6.24. The van der Waals surface area contributed by atoms with E-state index in [1.54, 1.807) is 30.6 Å². The van der Waals surface area contributed by atoms with E-state index in [1.165, 1.54) is 10.7 Å². The summed E-state index contributed by atoms with van der Waals surface area (Å²) in [4.78, 5) is 28.0. The van der Waals surface area contributed by atoms with Crippen LogP contribution in [0.25, 0.3) is 11.3 Å². The second-order valence-corrected chi connectivity index (χ2v) is 6.37. The number of hydrogen-bond donors (Lipinski definition) is 1. The number of aryl methyl sites for hydroxylation is 1. The van der Waals surface area contributed by atoms with Crippen molar-refractivity contribution in [1.82, 2.24) is 14.8 Å². The molecule has 0 unspecified atom stereocenters. The maximum Gasteiger partial charge on any atom is 0.419 e. The van der Waals surface area contributed by atoms with Gasteiger partial charge in [0.1, 0.15) is 5.82 Å². The smallest absolute Gasteiger partial charge is 0.326 e. The average Bonchev–Trinajstić information content (AvgIpc) is 2.70. The minimum atomic E-state index is -4.86. The van der Waals surface area contributed by atoms with Gasteiger partial charge in [-0.1, -0.05) is 0 Å². The van der Waals surface area contributed by atoms with Crippen LogP contribution in [0.3, 0.4) is 0 Å². The molecule has 1 amide bonds. The number of halogens is 4. The third-order valence-corrected chi connectivity index (χ3v) is 4.15. The number of anilines is 1. The van der Waals surface area contributed by atoms with Crippen molar-refractivity contribution in [2.45, 2.75) is 25.6 Å². The van der Waals surface area contributed by atoms with Crippen molar-refractivity contribution in [3.05, 3.63) is 76.6 Å². The van der Waals surface area contributed by atoms with Crippen LogP contribution in [0, 0.1) is 5.82 Å². The second-order valence-electron chi connectivity index (χ2n) is 6.37. The molecule has 0 aliphatic heterocycles. The van der Waals surface area contributed by atoms with Crippen LogP contribution in [0.15, 0.2) is 59.7 Å². The summed E-state index contributed by atoms with van der Waals surface area (Å²) in [7, 11) is 0. The summed E-state index contributed by atoms with van der Waals surface area (Å²) in [6.07, 6.45) is -1.50. The maximum atomic E-state index is 13.3. The molecule has 1 aromatic carbocycles. The normalized spacial score (nSPS) is 11.3. The lowest BCUT2D eigenvalue weighted by Crippen LogP contribution is -2.23. The number of alkyl halides is 3. The zero-order valence-electron chi connectivity index (χ0n) is 15.5. The Morgan fingerprint density at radius 2 is 1.93 bits per heavy atom. The minimum absolute atomic E-state index is 0.0655. The van der Waals surface area contributed by atoms with Gasteiger partial charge >= 0.3 is 6.18 Å². The van der Waals surface area contributed by atoms with E-state index in [2.05, 4.69) is 15.4 Å². The first-order valence-corrected chi connectivity index (χ1v) is 8.89. The first-order valence-electron chi connectivity index (χ1n) is 8.89. The molecule has 0 bridgehead atoms. The molecule has 10 heteroatoms. The Bertz CT molecular complexity index is 1100. The molecule has 0 fully saturated rings. The van der Waals surface area contributed by atoms with Crippen LogP contribution in [0.1, 0.15) is 18.4 Å². The second kappa shape index (κ2) is 8.85. The van der Waals surface area contributed by atoms with Crippen LogP contribution in [-0.2, 0) is 17.5 Å². The fourth-order valence-electron chi connectivity index (χ4n) is 2.71. The van der Waals surface area contributed by atoms with Crippen LogP contribution in [-0.4, -0.2) is 20.7 Å².